The fraction of sp³-hybridized carbons (Fsp3) is 0.417. The summed E-state index contributed by atoms with van der Waals surface area (Å²) in [6.45, 7) is 1.87. The zero-order valence-electron chi connectivity index (χ0n) is 12.3. The van der Waals surface area contributed by atoms with Crippen LogP contribution in [0.1, 0.15) is 19.8 Å². The first-order chi connectivity index (χ1) is 10.8. The Morgan fingerprint density at radius 2 is 1.96 bits per heavy atom. The van der Waals surface area contributed by atoms with Crippen LogP contribution in [0.3, 0.4) is 0 Å². The Labute approximate surface area is 132 Å². The third kappa shape index (κ3) is 5.98. The van der Waals surface area contributed by atoms with E-state index in [0.717, 1.165) is 30.8 Å². The summed E-state index contributed by atoms with van der Waals surface area (Å²) >= 11 is 0. The number of nitro groups is 2. The van der Waals surface area contributed by atoms with E-state index in [1.54, 1.807) is 0 Å². The van der Waals surface area contributed by atoms with Gasteiger partial charge in [0.25, 0.3) is 5.69 Å². The summed E-state index contributed by atoms with van der Waals surface area (Å²) in [4.78, 5) is 20.0. The largest absolute Gasteiger partial charge is 0.301 e. The Kier molecular flexibility index (Phi) is 6.57. The molecular weight excluding hydrogens is 328 g/mol. The number of hydrazone groups is 1. The van der Waals surface area contributed by atoms with Crippen LogP contribution in [0.5, 0.6) is 0 Å². The van der Waals surface area contributed by atoms with E-state index in [0.29, 0.717) is 6.42 Å². The zero-order valence-corrected chi connectivity index (χ0v) is 13.2. The molecule has 0 radical (unpaired) electrons. The summed E-state index contributed by atoms with van der Waals surface area (Å²) in [6.07, 6.45) is 2.40. The number of anilines is 1. The van der Waals surface area contributed by atoms with Crippen molar-refractivity contribution in [2.24, 2.45) is 5.10 Å². The minimum absolute atomic E-state index is 0.0488. The first-order valence-corrected chi connectivity index (χ1v) is 8.49. The molecule has 1 aromatic carbocycles. The average molecular weight is 344 g/mol. The maximum absolute atomic E-state index is 11.6. The van der Waals surface area contributed by atoms with Crippen LogP contribution in [0.4, 0.5) is 17.1 Å². The first-order valence-electron chi connectivity index (χ1n) is 6.67. The highest BCUT2D eigenvalue weighted by molar-refractivity contribution is 7.92. The molecule has 0 aromatic heterocycles. The minimum atomic E-state index is -3.26. The lowest BCUT2D eigenvalue weighted by Crippen LogP contribution is -2.12. The second kappa shape index (κ2) is 8.17. The molecule has 1 rings (SSSR count). The van der Waals surface area contributed by atoms with Crippen molar-refractivity contribution in [1.82, 2.24) is 0 Å². The molecule has 126 valence electrons. The quantitative estimate of drug-likeness (QED) is 0.410. The van der Waals surface area contributed by atoms with Gasteiger partial charge in [-0.15, -0.1) is 0 Å². The van der Waals surface area contributed by atoms with Gasteiger partial charge in [-0.3, -0.25) is 25.7 Å². The maximum Gasteiger partial charge on any atom is 0.301 e. The van der Waals surface area contributed by atoms with E-state index in [2.05, 4.69) is 10.5 Å². The van der Waals surface area contributed by atoms with E-state index in [1.165, 1.54) is 0 Å². The molecule has 0 atom stereocenters. The average Bonchev–Trinajstić information content (AvgIpc) is 2.49. The number of nitro benzene ring substituents is 2. The zero-order chi connectivity index (χ0) is 17.5. The number of nitrogens with one attached hydrogen (secondary N) is 1. The molecule has 0 unspecified atom stereocenters. The van der Waals surface area contributed by atoms with Crippen molar-refractivity contribution in [3.05, 3.63) is 38.4 Å². The van der Waals surface area contributed by atoms with Crippen LogP contribution >= 0.6 is 0 Å². The van der Waals surface area contributed by atoms with E-state index in [9.17, 15) is 28.6 Å². The van der Waals surface area contributed by atoms with Gasteiger partial charge in [0.15, 0.2) is 9.84 Å². The van der Waals surface area contributed by atoms with Gasteiger partial charge in [-0.05, 0) is 12.5 Å². The second-order valence-corrected chi connectivity index (χ2v) is 6.84. The molecule has 0 fully saturated rings. The van der Waals surface area contributed by atoms with Gasteiger partial charge in [0.2, 0.25) is 0 Å². The number of hydrogen-bond donors (Lipinski definition) is 1. The van der Waals surface area contributed by atoms with Crippen LogP contribution in [-0.4, -0.2) is 36.0 Å². The molecule has 0 aliphatic carbocycles. The van der Waals surface area contributed by atoms with Crippen molar-refractivity contribution in [3.8, 4) is 0 Å². The van der Waals surface area contributed by atoms with Crippen LogP contribution in [0.25, 0.3) is 0 Å². The molecule has 0 aliphatic rings. The van der Waals surface area contributed by atoms with Crippen molar-refractivity contribution in [3.63, 3.8) is 0 Å². The molecule has 0 amide bonds. The maximum atomic E-state index is 11.6. The van der Waals surface area contributed by atoms with Crippen LogP contribution < -0.4 is 5.43 Å². The van der Waals surface area contributed by atoms with E-state index in [-0.39, 0.29) is 17.2 Å². The number of non-ortho nitro benzene ring substituents is 1. The molecule has 10 nitrogen and oxygen atoms in total. The van der Waals surface area contributed by atoms with Crippen LogP contribution in [0, 0.1) is 20.2 Å². The van der Waals surface area contributed by atoms with Crippen molar-refractivity contribution in [2.45, 2.75) is 19.8 Å². The lowest BCUT2D eigenvalue weighted by molar-refractivity contribution is -0.393. The molecular formula is C12H16N4O6S. The Bertz CT molecular complexity index is 716. The number of unbranched alkanes of at least 4 members (excludes halogenated alkanes) is 1. The van der Waals surface area contributed by atoms with E-state index < -0.39 is 31.1 Å². The van der Waals surface area contributed by atoms with Crippen LogP contribution in [0.2, 0.25) is 0 Å². The fourth-order valence-electron chi connectivity index (χ4n) is 1.59. The Morgan fingerprint density at radius 1 is 1.26 bits per heavy atom. The smallest absolute Gasteiger partial charge is 0.272 e. The molecule has 0 heterocycles. The summed E-state index contributed by atoms with van der Waals surface area (Å²) in [6, 6.07) is 3.03. The molecule has 0 saturated carbocycles. The van der Waals surface area contributed by atoms with Gasteiger partial charge >= 0.3 is 5.69 Å². The van der Waals surface area contributed by atoms with Crippen LogP contribution in [0.15, 0.2) is 23.3 Å². The highest BCUT2D eigenvalue weighted by atomic mass is 32.2. The molecule has 1 N–H and O–H groups in total. The molecule has 23 heavy (non-hydrogen) atoms. The van der Waals surface area contributed by atoms with E-state index in [4.69, 9.17) is 0 Å². The molecule has 0 bridgehead atoms. The highest BCUT2D eigenvalue weighted by Crippen LogP contribution is 2.28. The number of rotatable bonds is 9. The third-order valence-corrected chi connectivity index (χ3v) is 4.37. The topological polar surface area (TPSA) is 145 Å². The Balaban J connectivity index is 2.79. The van der Waals surface area contributed by atoms with Gasteiger partial charge in [0, 0.05) is 12.3 Å². The predicted octanol–water partition coefficient (Wildman–Crippen LogP) is 2.12. The molecule has 0 spiro atoms. The van der Waals surface area contributed by atoms with Gasteiger partial charge < -0.3 is 0 Å². The SMILES string of the molecule is CCCCS(=O)(=O)CC=NNc1ccc([N+](=O)[O-])cc1[N+](=O)[O-]. The normalized spacial score (nSPS) is 11.5. The van der Waals surface area contributed by atoms with Crippen molar-refractivity contribution in [1.29, 1.82) is 0 Å². The fourth-order valence-corrected chi connectivity index (χ4v) is 2.79. The lowest BCUT2D eigenvalue weighted by atomic mass is 10.2. The number of hydrogen-bond acceptors (Lipinski definition) is 8. The van der Waals surface area contributed by atoms with Gasteiger partial charge in [-0.1, -0.05) is 13.3 Å². The molecule has 1 aromatic rings. The second-order valence-electron chi connectivity index (χ2n) is 4.61. The predicted molar refractivity (Wildman–Crippen MR) is 85.4 cm³/mol. The molecule has 0 aliphatic heterocycles. The first kappa shape index (κ1) is 18.5. The summed E-state index contributed by atoms with van der Waals surface area (Å²) < 4.78 is 23.2. The standard InChI is InChI=1S/C12H16N4O6S/c1-2-3-7-23(21,22)8-6-13-14-11-5-4-10(15(17)18)9-12(11)16(19)20/h4-6,9,14H,2-3,7-8H2,1H3. The summed E-state index contributed by atoms with van der Waals surface area (Å²) in [5.41, 5.74) is 1.32. The number of benzene rings is 1. The third-order valence-electron chi connectivity index (χ3n) is 2.80. The molecule has 0 saturated heterocycles. The van der Waals surface area contributed by atoms with Gasteiger partial charge in [-0.25, -0.2) is 8.42 Å². The summed E-state index contributed by atoms with van der Waals surface area (Å²) in [5.74, 6) is -0.242. The highest BCUT2D eigenvalue weighted by Gasteiger charge is 2.19. The number of sulfone groups is 1. The number of nitrogens with zero attached hydrogens (tertiary/aromatic N) is 3. The Morgan fingerprint density at radius 3 is 2.52 bits per heavy atom. The van der Waals surface area contributed by atoms with Crippen LogP contribution in [-0.2, 0) is 9.84 Å². The Hall–Kier alpha value is -2.56. The summed E-state index contributed by atoms with van der Waals surface area (Å²) in [5, 5.41) is 25.1. The van der Waals surface area contributed by atoms with E-state index in [1.807, 2.05) is 6.92 Å². The van der Waals surface area contributed by atoms with Crippen molar-refractivity contribution < 1.29 is 18.3 Å². The molecule has 11 heteroatoms. The van der Waals surface area contributed by atoms with Gasteiger partial charge in [-0.2, -0.15) is 5.10 Å². The van der Waals surface area contributed by atoms with Crippen molar-refractivity contribution in [2.75, 3.05) is 16.9 Å². The van der Waals surface area contributed by atoms with E-state index >= 15 is 0 Å². The van der Waals surface area contributed by atoms with Gasteiger partial charge in [0.1, 0.15) is 5.69 Å². The lowest BCUT2D eigenvalue weighted by Gasteiger charge is -2.02. The van der Waals surface area contributed by atoms with Crippen molar-refractivity contribution >= 4 is 33.1 Å². The van der Waals surface area contributed by atoms with Gasteiger partial charge in [0.05, 0.1) is 27.4 Å². The summed E-state index contributed by atoms with van der Waals surface area (Å²) in [7, 11) is -3.26. The monoisotopic (exact) mass is 344 g/mol. The minimum Gasteiger partial charge on any atom is -0.272 e.